The van der Waals surface area contributed by atoms with Crippen molar-refractivity contribution in [3.63, 3.8) is 0 Å². The number of rotatable bonds is 15. The lowest BCUT2D eigenvalue weighted by atomic mass is 9.67. The summed E-state index contributed by atoms with van der Waals surface area (Å²) in [5, 5.41) is 20.0. The molecule has 5 N–H and O–H groups in total. The summed E-state index contributed by atoms with van der Waals surface area (Å²) in [5.74, 6) is 0. The lowest BCUT2D eigenvalue weighted by Crippen LogP contribution is -2.28. The van der Waals surface area contributed by atoms with Crippen LogP contribution < -0.4 is 26.6 Å². The molecule has 602 valence electrons. The minimum absolute atomic E-state index is 0.0559. The number of fused-ring (bicyclic) bond motifs is 17. The second-order valence-corrected chi connectivity index (χ2v) is 33.8. The van der Waals surface area contributed by atoms with Gasteiger partial charge < -0.3 is 26.6 Å². The number of aryl methyl sites for hydroxylation is 1. The number of allylic oxidation sites excluding steroid dienone is 1. The van der Waals surface area contributed by atoms with Crippen LogP contribution in [-0.2, 0) is 28.1 Å². The molecule has 18 aromatic rings. The number of anilines is 9. The Morgan fingerprint density at radius 1 is 0.250 bits per heavy atom. The third-order valence-corrected chi connectivity index (χ3v) is 24.6. The highest BCUT2D eigenvalue weighted by Crippen LogP contribution is 2.64. The van der Waals surface area contributed by atoms with Crippen molar-refractivity contribution in [1.82, 2.24) is 0 Å². The second-order valence-electron chi connectivity index (χ2n) is 33.8. The highest BCUT2D eigenvalue weighted by atomic mass is 14.9. The van der Waals surface area contributed by atoms with E-state index in [1.54, 1.807) is 0 Å². The van der Waals surface area contributed by atoms with Gasteiger partial charge in [0.05, 0.1) is 10.8 Å². The third-order valence-electron chi connectivity index (χ3n) is 24.6. The summed E-state index contributed by atoms with van der Waals surface area (Å²) in [6.07, 6.45) is 6.36. The number of nitrogens with one attached hydrogen (secondary N) is 5. The highest BCUT2D eigenvalue weighted by Gasteiger charge is 2.52. The molecule has 4 aliphatic rings. The van der Waals surface area contributed by atoms with Gasteiger partial charge in [0.2, 0.25) is 0 Å². The van der Waals surface area contributed by atoms with Gasteiger partial charge in [-0.1, -0.05) is 393 Å². The van der Waals surface area contributed by atoms with Gasteiger partial charge in [0.15, 0.2) is 0 Å². The Morgan fingerprint density at radius 2 is 0.556 bits per heavy atom. The summed E-state index contributed by atoms with van der Waals surface area (Å²) in [6, 6.07) is 162. The van der Waals surface area contributed by atoms with Crippen LogP contribution in [0.4, 0.5) is 51.2 Å². The first-order valence-corrected chi connectivity index (χ1v) is 43.3. The predicted octanol–water partition coefficient (Wildman–Crippen LogP) is 31.4. The van der Waals surface area contributed by atoms with Gasteiger partial charge in [-0.3, -0.25) is 0 Å². The second kappa shape index (κ2) is 35.7. The van der Waals surface area contributed by atoms with Crippen LogP contribution in [0.1, 0.15) is 108 Å². The fraction of sp³-hybridized carbons (Fsp3) is 0.0924. The maximum absolute atomic E-state index is 3.61. The number of hydrogen-bond donors (Lipinski definition) is 5. The van der Waals surface area contributed by atoms with E-state index in [-0.39, 0.29) is 21.7 Å². The predicted molar refractivity (Wildman–Crippen MR) is 526 cm³/mol. The Bertz CT molecular complexity index is 6490. The van der Waals surface area contributed by atoms with Crippen molar-refractivity contribution in [1.29, 1.82) is 0 Å². The van der Waals surface area contributed by atoms with Gasteiger partial charge in [-0.15, -0.1) is 0 Å². The van der Waals surface area contributed by atoms with E-state index in [0.29, 0.717) is 0 Å². The molecule has 4 aliphatic carbocycles. The van der Waals surface area contributed by atoms with Crippen molar-refractivity contribution in [3.05, 3.63) is 534 Å². The van der Waals surface area contributed by atoms with Gasteiger partial charge in [-0.05, 0) is 244 Å². The first-order chi connectivity index (χ1) is 60.9. The Kier molecular flexibility index (Phi) is 23.1. The van der Waals surface area contributed by atoms with Crippen LogP contribution in [0, 0.1) is 0 Å². The highest BCUT2D eigenvalue weighted by molar-refractivity contribution is 5.97. The zero-order valence-electron chi connectivity index (χ0n) is 70.9. The van der Waals surface area contributed by atoms with Crippen molar-refractivity contribution in [3.8, 4) is 44.5 Å². The van der Waals surface area contributed by atoms with Gasteiger partial charge in [0.1, 0.15) is 0 Å². The van der Waals surface area contributed by atoms with Gasteiger partial charge in [-0.25, -0.2) is 0 Å². The number of para-hydroxylation sites is 4. The Hall–Kier alpha value is -15.0. The molecule has 1 spiro atoms. The Balaban J connectivity index is 0.000000108. The SMILES string of the molecule is C(=C\Nc1cccc2ccccc12)/CCc1ccccc1.CC(C)(C)c1ccc(Nc2ccccc2)cc1.CC1(C)c2ccccc2-c2ccc(Nc3ccccc3)cc21.c1ccc(Nc2ccc3c(c2)C(c2ccccc2)(c2ccccc2)c2ccccc2-3)cc1.c1ccc(Nc2ccc3c(c2)C2(c4ccccc4-c4ccccc42)c2ccccc2-3)cc1. The molecular formula is C119H101N5. The van der Waals surface area contributed by atoms with Gasteiger partial charge >= 0.3 is 0 Å². The van der Waals surface area contributed by atoms with Crippen LogP contribution in [-0.4, -0.2) is 0 Å². The smallest absolute Gasteiger partial charge is 0.0726 e. The maximum atomic E-state index is 3.61. The Morgan fingerprint density at radius 3 is 0.992 bits per heavy atom. The minimum atomic E-state index is -0.358. The van der Waals surface area contributed by atoms with Crippen molar-refractivity contribution >= 4 is 62.0 Å². The van der Waals surface area contributed by atoms with Crippen LogP contribution in [0.3, 0.4) is 0 Å². The summed E-state index contributed by atoms with van der Waals surface area (Å²) >= 11 is 0. The fourth-order valence-electron chi connectivity index (χ4n) is 18.8. The molecule has 0 amide bonds. The molecule has 0 radical (unpaired) electrons. The van der Waals surface area contributed by atoms with Crippen molar-refractivity contribution in [2.45, 2.75) is 69.1 Å². The van der Waals surface area contributed by atoms with Crippen LogP contribution in [0.2, 0.25) is 0 Å². The van der Waals surface area contributed by atoms with E-state index in [1.807, 2.05) is 42.6 Å². The zero-order chi connectivity index (χ0) is 84.3. The molecule has 18 aromatic carbocycles. The molecule has 0 aromatic heterocycles. The minimum Gasteiger partial charge on any atom is -0.362 e. The average molecular weight is 1600 g/mol. The maximum Gasteiger partial charge on any atom is 0.0726 e. The van der Waals surface area contributed by atoms with Gasteiger partial charge in [-0.2, -0.15) is 0 Å². The third kappa shape index (κ3) is 16.2. The van der Waals surface area contributed by atoms with E-state index in [4.69, 9.17) is 0 Å². The lowest BCUT2D eigenvalue weighted by molar-refractivity contribution is 0.590. The number of hydrogen-bond acceptors (Lipinski definition) is 5. The Labute approximate surface area is 731 Å². The first-order valence-electron chi connectivity index (χ1n) is 43.3. The summed E-state index contributed by atoms with van der Waals surface area (Å²) in [5.41, 5.74) is 36.7. The molecule has 5 heteroatoms. The summed E-state index contributed by atoms with van der Waals surface area (Å²) < 4.78 is 0. The standard InChI is InChI=1S/C31H21N.C31H23N.C21H19N.C20H19N.C16H19N/c1-2-10-21(11-3-1)32-22-18-19-26-25-14-6-9-17-29(25)31(30(26)20-22)27-15-7-4-12-23(27)24-13-5-8-16-28(24)31;1-4-12-23(13-5-1)31(24-14-6-2-7-15-24)29-19-11-10-18-27(29)28-21-20-26(22-30(28)31)32-25-16-8-3-9-17-25;1-21(2)19-11-7-6-10-17(19)18-13-12-16(14-20(18)21)22-15-8-4-3-5-9-15;1-2-9-17(10-3-1)11-6-7-16-21-20-15-8-13-18-12-4-5-14-19(18)20;1-16(2,3)13-9-11-15(12-10-13)17-14-7-5-4-6-8-14/h1-20,32H;1-22,32H;3-14,22H,1-2H3;1-5,7-10,12-16,21H,6,11H2;4-12,17H,1-3H3/b;;;16-7+;. The number of benzene rings is 18. The molecule has 0 bridgehead atoms. The molecule has 0 atom stereocenters. The van der Waals surface area contributed by atoms with E-state index in [9.17, 15) is 0 Å². The first kappa shape index (κ1) is 80.0. The molecule has 124 heavy (non-hydrogen) atoms. The average Bonchev–Trinajstić information content (AvgIpc) is 1.80. The van der Waals surface area contributed by atoms with E-state index in [0.717, 1.165) is 64.0 Å². The molecule has 0 aliphatic heterocycles. The summed E-state index contributed by atoms with van der Waals surface area (Å²) in [6.45, 7) is 11.3. The monoisotopic (exact) mass is 1600 g/mol. The van der Waals surface area contributed by atoms with E-state index < -0.39 is 0 Å². The van der Waals surface area contributed by atoms with Crippen LogP contribution >= 0.6 is 0 Å². The molecule has 0 saturated heterocycles. The largest absolute Gasteiger partial charge is 0.362 e. The van der Waals surface area contributed by atoms with Crippen LogP contribution in [0.15, 0.2) is 467 Å². The molecule has 0 unspecified atom stereocenters. The van der Waals surface area contributed by atoms with Crippen molar-refractivity contribution in [2.24, 2.45) is 0 Å². The lowest BCUT2D eigenvalue weighted by Gasteiger charge is -2.34. The summed E-state index contributed by atoms with van der Waals surface area (Å²) in [7, 11) is 0. The fourth-order valence-corrected chi connectivity index (χ4v) is 18.8. The van der Waals surface area contributed by atoms with Crippen molar-refractivity contribution in [2.75, 3.05) is 26.6 Å². The van der Waals surface area contributed by atoms with Gasteiger partial charge in [0, 0.05) is 62.0 Å². The topological polar surface area (TPSA) is 60.1 Å². The van der Waals surface area contributed by atoms with E-state index in [2.05, 4.69) is 486 Å². The van der Waals surface area contributed by atoms with Gasteiger partial charge in [0.25, 0.3) is 0 Å². The van der Waals surface area contributed by atoms with Crippen LogP contribution in [0.25, 0.3) is 55.3 Å². The quantitative estimate of drug-likeness (QED) is 0.0708. The van der Waals surface area contributed by atoms with Crippen LogP contribution in [0.5, 0.6) is 0 Å². The summed E-state index contributed by atoms with van der Waals surface area (Å²) in [4.78, 5) is 0. The molecule has 5 nitrogen and oxygen atoms in total. The normalized spacial score (nSPS) is 12.9. The molecule has 0 heterocycles. The molecule has 22 rings (SSSR count). The molecule has 0 saturated carbocycles. The zero-order valence-corrected chi connectivity index (χ0v) is 70.9. The van der Waals surface area contributed by atoms with Crippen molar-refractivity contribution < 1.29 is 0 Å². The molecule has 0 fully saturated rings. The van der Waals surface area contributed by atoms with E-state index in [1.165, 1.54) is 122 Å². The molecular weight excluding hydrogens is 1500 g/mol. The van der Waals surface area contributed by atoms with E-state index >= 15 is 0 Å².